The maximum atomic E-state index is 11.6. The highest BCUT2D eigenvalue weighted by molar-refractivity contribution is 5.83. The lowest BCUT2D eigenvalue weighted by molar-refractivity contribution is -0.163. The minimum Gasteiger partial charge on any atom is -0.394 e. The van der Waals surface area contributed by atoms with Gasteiger partial charge in [-0.05, 0) is 6.92 Å². The van der Waals surface area contributed by atoms with E-state index in [1.54, 1.807) is 0 Å². The number of carbonyl (C=O) groups is 2. The summed E-state index contributed by atoms with van der Waals surface area (Å²) in [6, 6.07) is 0. The van der Waals surface area contributed by atoms with Gasteiger partial charge in [0.05, 0.1) is 18.3 Å². The molecule has 0 spiro atoms. The van der Waals surface area contributed by atoms with Gasteiger partial charge in [0.1, 0.15) is 18.0 Å². The van der Waals surface area contributed by atoms with Crippen LogP contribution in [0, 0.1) is 0 Å². The molecular formula is C14H25NO7. The summed E-state index contributed by atoms with van der Waals surface area (Å²) in [7, 11) is 0. The Morgan fingerprint density at radius 1 is 1.36 bits per heavy atom. The van der Waals surface area contributed by atoms with E-state index in [2.05, 4.69) is 5.32 Å². The van der Waals surface area contributed by atoms with Crippen LogP contribution in [-0.4, -0.2) is 75.8 Å². The normalized spacial score (nSPS) is 28.0. The van der Waals surface area contributed by atoms with Crippen LogP contribution in [-0.2, 0) is 14.3 Å². The summed E-state index contributed by atoms with van der Waals surface area (Å²) in [4.78, 5) is 22.4. The van der Waals surface area contributed by atoms with Gasteiger partial charge in [-0.25, -0.2) is 0 Å². The topological polar surface area (TPSA) is 136 Å². The average molecular weight is 319 g/mol. The molecule has 0 radical (unpaired) electrons. The van der Waals surface area contributed by atoms with Crippen molar-refractivity contribution in [2.45, 2.75) is 56.5 Å². The molecule has 0 aromatic heterocycles. The third-order valence-electron chi connectivity index (χ3n) is 3.76. The van der Waals surface area contributed by atoms with Gasteiger partial charge in [-0.3, -0.25) is 4.79 Å². The molecule has 8 heteroatoms. The van der Waals surface area contributed by atoms with E-state index in [4.69, 9.17) is 9.84 Å². The van der Waals surface area contributed by atoms with Crippen LogP contribution in [0.4, 0.5) is 0 Å². The predicted molar refractivity (Wildman–Crippen MR) is 75.9 cm³/mol. The molecule has 1 amide bonds. The number of ether oxygens (including phenoxy) is 1. The summed E-state index contributed by atoms with van der Waals surface area (Å²) in [6.45, 7) is 0.935. The van der Waals surface area contributed by atoms with Crippen molar-refractivity contribution in [3.63, 3.8) is 0 Å². The molecule has 2 unspecified atom stereocenters. The Labute approximate surface area is 129 Å². The number of ketones is 1. The van der Waals surface area contributed by atoms with Gasteiger partial charge in [-0.2, -0.15) is 0 Å². The largest absolute Gasteiger partial charge is 0.394 e. The molecule has 0 saturated carbocycles. The van der Waals surface area contributed by atoms with Crippen molar-refractivity contribution in [1.29, 1.82) is 0 Å². The molecule has 4 atom stereocenters. The second-order valence-electron chi connectivity index (χ2n) is 5.81. The fourth-order valence-electron chi connectivity index (χ4n) is 2.31. The number of carbonyl (C=O) groups excluding carboxylic acids is 2. The molecule has 1 heterocycles. The van der Waals surface area contributed by atoms with Crippen molar-refractivity contribution in [3.8, 4) is 0 Å². The van der Waals surface area contributed by atoms with Gasteiger partial charge in [0.2, 0.25) is 5.91 Å². The van der Waals surface area contributed by atoms with Crippen LogP contribution in [0.15, 0.2) is 0 Å². The molecule has 1 aliphatic rings. The zero-order valence-corrected chi connectivity index (χ0v) is 12.7. The first kappa shape index (κ1) is 19.0. The highest BCUT2D eigenvalue weighted by atomic mass is 16.5. The second-order valence-corrected chi connectivity index (χ2v) is 5.81. The van der Waals surface area contributed by atoms with Crippen molar-refractivity contribution in [1.82, 2.24) is 5.32 Å². The Morgan fingerprint density at radius 2 is 2.05 bits per heavy atom. The van der Waals surface area contributed by atoms with Gasteiger partial charge in [0.15, 0.2) is 0 Å². The number of aliphatic hydroxyl groups excluding tert-OH is 3. The Bertz CT molecular complexity index is 389. The molecule has 8 nitrogen and oxygen atoms in total. The first-order valence-corrected chi connectivity index (χ1v) is 7.34. The van der Waals surface area contributed by atoms with E-state index >= 15 is 0 Å². The van der Waals surface area contributed by atoms with Gasteiger partial charge < -0.3 is 35.3 Å². The molecule has 1 rings (SSSR count). The molecule has 0 bridgehead atoms. The first-order valence-electron chi connectivity index (χ1n) is 7.34. The molecular weight excluding hydrogens is 294 g/mol. The Morgan fingerprint density at radius 3 is 2.64 bits per heavy atom. The SMILES string of the molecule is CC(=O)CCC(=O)NCC1(O)CCOC([C@H](O)[C@H](O)CO)C1. The minimum absolute atomic E-state index is 0.0223. The molecule has 0 aliphatic carbocycles. The number of rotatable bonds is 8. The summed E-state index contributed by atoms with van der Waals surface area (Å²) in [6.07, 6.45) is -2.97. The Kier molecular flexibility index (Phi) is 7.37. The van der Waals surface area contributed by atoms with Crippen LogP contribution in [0.1, 0.15) is 32.6 Å². The van der Waals surface area contributed by atoms with E-state index in [-0.39, 0.29) is 50.5 Å². The molecule has 1 saturated heterocycles. The van der Waals surface area contributed by atoms with Crippen LogP contribution in [0.25, 0.3) is 0 Å². The number of hydrogen-bond acceptors (Lipinski definition) is 7. The van der Waals surface area contributed by atoms with Crippen LogP contribution in [0.2, 0.25) is 0 Å². The zero-order chi connectivity index (χ0) is 16.8. The van der Waals surface area contributed by atoms with Gasteiger partial charge in [-0.15, -0.1) is 0 Å². The second kappa shape index (κ2) is 8.54. The lowest BCUT2D eigenvalue weighted by Crippen LogP contribution is -2.53. The smallest absolute Gasteiger partial charge is 0.220 e. The lowest BCUT2D eigenvalue weighted by atomic mass is 9.87. The summed E-state index contributed by atoms with van der Waals surface area (Å²) in [5.41, 5.74) is -1.26. The highest BCUT2D eigenvalue weighted by Crippen LogP contribution is 2.27. The van der Waals surface area contributed by atoms with Gasteiger partial charge in [-0.1, -0.05) is 0 Å². The van der Waals surface area contributed by atoms with E-state index < -0.39 is 30.5 Å². The molecule has 22 heavy (non-hydrogen) atoms. The standard InChI is InChI=1S/C14H25NO7/c1-9(17)2-3-12(19)15-8-14(21)4-5-22-11(6-14)13(20)10(18)7-16/h10-11,13,16,18,20-21H,2-8H2,1H3,(H,15,19)/t10-,11?,13-,14?/m1/s1. The summed E-state index contributed by atoms with van der Waals surface area (Å²) in [5, 5.41) is 41.1. The third-order valence-corrected chi connectivity index (χ3v) is 3.76. The fraction of sp³-hybridized carbons (Fsp3) is 0.857. The van der Waals surface area contributed by atoms with Crippen molar-refractivity contribution in [2.24, 2.45) is 0 Å². The van der Waals surface area contributed by atoms with Crippen LogP contribution in [0.3, 0.4) is 0 Å². The number of nitrogens with one attached hydrogen (secondary N) is 1. The van der Waals surface area contributed by atoms with E-state index in [9.17, 15) is 24.9 Å². The first-order chi connectivity index (χ1) is 10.3. The predicted octanol–water partition coefficient (Wildman–Crippen LogP) is -1.90. The van der Waals surface area contributed by atoms with Crippen LogP contribution < -0.4 is 5.32 Å². The van der Waals surface area contributed by atoms with Crippen LogP contribution >= 0.6 is 0 Å². The molecule has 1 fully saturated rings. The lowest BCUT2D eigenvalue weighted by Gasteiger charge is -2.39. The van der Waals surface area contributed by atoms with Gasteiger partial charge in [0.25, 0.3) is 0 Å². The quantitative estimate of drug-likeness (QED) is 0.352. The third kappa shape index (κ3) is 5.98. The number of hydrogen-bond donors (Lipinski definition) is 5. The van der Waals surface area contributed by atoms with Gasteiger partial charge in [0, 0.05) is 38.8 Å². The molecule has 0 aromatic rings. The van der Waals surface area contributed by atoms with Crippen molar-refractivity contribution < 1.29 is 34.8 Å². The molecule has 0 aromatic carbocycles. The fourth-order valence-corrected chi connectivity index (χ4v) is 2.31. The van der Waals surface area contributed by atoms with Crippen molar-refractivity contribution >= 4 is 11.7 Å². The molecule has 5 N–H and O–H groups in total. The zero-order valence-electron chi connectivity index (χ0n) is 12.7. The average Bonchev–Trinajstić information content (AvgIpc) is 2.49. The van der Waals surface area contributed by atoms with E-state index in [0.717, 1.165) is 0 Å². The van der Waals surface area contributed by atoms with Gasteiger partial charge >= 0.3 is 0 Å². The summed E-state index contributed by atoms with van der Waals surface area (Å²) in [5.74, 6) is -0.413. The molecule has 128 valence electrons. The highest BCUT2D eigenvalue weighted by Gasteiger charge is 2.40. The maximum absolute atomic E-state index is 11.6. The maximum Gasteiger partial charge on any atom is 0.220 e. The number of Topliss-reactive ketones (excluding diaryl/α,β-unsaturated/α-hetero) is 1. The Hall–Kier alpha value is -1.06. The van der Waals surface area contributed by atoms with E-state index in [1.165, 1.54) is 6.92 Å². The van der Waals surface area contributed by atoms with E-state index in [0.29, 0.717) is 0 Å². The number of amides is 1. The van der Waals surface area contributed by atoms with Crippen molar-refractivity contribution in [3.05, 3.63) is 0 Å². The minimum atomic E-state index is -1.35. The van der Waals surface area contributed by atoms with Crippen molar-refractivity contribution in [2.75, 3.05) is 19.8 Å². The van der Waals surface area contributed by atoms with Crippen LogP contribution in [0.5, 0.6) is 0 Å². The summed E-state index contributed by atoms with van der Waals surface area (Å²) >= 11 is 0. The summed E-state index contributed by atoms with van der Waals surface area (Å²) < 4.78 is 5.31. The van der Waals surface area contributed by atoms with E-state index in [1.807, 2.05) is 0 Å². The number of aliphatic hydroxyl groups is 4. The monoisotopic (exact) mass is 319 g/mol. The Balaban J connectivity index is 2.47. The molecule has 1 aliphatic heterocycles.